The molecular formula is C25H29N9O2S. The van der Waals surface area contributed by atoms with Gasteiger partial charge in [0.15, 0.2) is 5.65 Å². The standard InChI is InChI=1S/C25H29N9O2S/c1-6-25(4,5)16-7-8-17-19(11-16)37-24-20(17)23-27-22(30-32(23)12-26-24)18-9-10-31(29-18)13-33-15(3)21(34(35)36)14(2)28-33/h9-10,12,16H,6-8,11,13H2,1-5H3. The van der Waals surface area contributed by atoms with E-state index in [-0.39, 0.29) is 12.4 Å². The van der Waals surface area contributed by atoms with Crippen LogP contribution >= 0.6 is 11.3 Å². The number of thiophene rings is 1. The molecule has 5 aromatic rings. The topological polar surface area (TPSA) is 122 Å². The van der Waals surface area contributed by atoms with E-state index in [1.165, 1.54) is 23.3 Å². The number of rotatable bonds is 6. The number of nitrogens with zero attached hydrogens (tertiary/aromatic N) is 9. The molecule has 0 amide bonds. The van der Waals surface area contributed by atoms with E-state index in [9.17, 15) is 10.1 Å². The van der Waals surface area contributed by atoms with Crippen LogP contribution in [0, 0.1) is 35.3 Å². The lowest BCUT2D eigenvalue weighted by molar-refractivity contribution is -0.386. The molecule has 0 saturated heterocycles. The minimum absolute atomic E-state index is 0.0367. The van der Waals surface area contributed by atoms with Crippen molar-refractivity contribution in [2.24, 2.45) is 11.3 Å². The molecule has 1 aliphatic rings. The molecule has 5 aromatic heterocycles. The molecule has 12 heteroatoms. The highest BCUT2D eigenvalue weighted by Crippen LogP contribution is 2.45. The third-order valence-corrected chi connectivity index (χ3v) is 9.24. The Morgan fingerprint density at radius 1 is 1.24 bits per heavy atom. The molecule has 5 heterocycles. The maximum Gasteiger partial charge on any atom is 0.312 e. The van der Waals surface area contributed by atoms with E-state index >= 15 is 0 Å². The lowest BCUT2D eigenvalue weighted by atomic mass is 9.70. The van der Waals surface area contributed by atoms with Crippen molar-refractivity contribution in [3.63, 3.8) is 0 Å². The van der Waals surface area contributed by atoms with Crippen molar-refractivity contribution in [2.75, 3.05) is 0 Å². The van der Waals surface area contributed by atoms with Crippen LogP contribution < -0.4 is 0 Å². The summed E-state index contributed by atoms with van der Waals surface area (Å²) in [6, 6.07) is 1.85. The van der Waals surface area contributed by atoms with Gasteiger partial charge in [0.25, 0.3) is 0 Å². The summed E-state index contributed by atoms with van der Waals surface area (Å²) in [7, 11) is 0. The Morgan fingerprint density at radius 3 is 2.78 bits per heavy atom. The van der Waals surface area contributed by atoms with Gasteiger partial charge in [0.2, 0.25) is 5.82 Å². The van der Waals surface area contributed by atoms with Crippen molar-refractivity contribution >= 4 is 32.9 Å². The zero-order valence-corrected chi connectivity index (χ0v) is 22.4. The number of fused-ring (bicyclic) bond motifs is 5. The van der Waals surface area contributed by atoms with Gasteiger partial charge in [0.05, 0.1) is 10.3 Å². The molecule has 192 valence electrons. The fraction of sp³-hybridized carbons (Fsp3) is 0.480. The number of hydrogen-bond acceptors (Lipinski definition) is 8. The molecule has 6 rings (SSSR count). The molecule has 0 saturated carbocycles. The van der Waals surface area contributed by atoms with Crippen LogP contribution in [0.5, 0.6) is 0 Å². The Morgan fingerprint density at radius 2 is 2.05 bits per heavy atom. The molecule has 1 unspecified atom stereocenters. The van der Waals surface area contributed by atoms with E-state index in [0.717, 1.165) is 28.7 Å². The Kier molecular flexibility index (Phi) is 5.41. The van der Waals surface area contributed by atoms with E-state index < -0.39 is 4.92 Å². The van der Waals surface area contributed by atoms with Gasteiger partial charge in [-0.05, 0) is 56.1 Å². The van der Waals surface area contributed by atoms with Crippen LogP contribution in [0.1, 0.15) is 55.4 Å². The Labute approximate surface area is 217 Å². The molecule has 0 aliphatic heterocycles. The molecular weight excluding hydrogens is 490 g/mol. The largest absolute Gasteiger partial charge is 0.312 e. The summed E-state index contributed by atoms with van der Waals surface area (Å²) in [5.41, 5.74) is 4.06. The second-order valence-electron chi connectivity index (χ2n) is 10.6. The van der Waals surface area contributed by atoms with E-state index in [1.807, 2.05) is 6.07 Å². The predicted octanol–water partition coefficient (Wildman–Crippen LogP) is 4.97. The molecule has 0 fully saturated rings. The van der Waals surface area contributed by atoms with Gasteiger partial charge in [0, 0.05) is 11.1 Å². The highest BCUT2D eigenvalue weighted by Gasteiger charge is 2.33. The lowest BCUT2D eigenvalue weighted by Gasteiger charge is -2.36. The summed E-state index contributed by atoms with van der Waals surface area (Å²) < 4.78 is 5.01. The lowest BCUT2D eigenvalue weighted by Crippen LogP contribution is -2.28. The van der Waals surface area contributed by atoms with Crippen LogP contribution in [0.3, 0.4) is 0 Å². The first-order valence-electron chi connectivity index (χ1n) is 12.5. The van der Waals surface area contributed by atoms with Crippen molar-refractivity contribution in [3.8, 4) is 11.5 Å². The van der Waals surface area contributed by atoms with Gasteiger partial charge < -0.3 is 0 Å². The Hall–Kier alpha value is -3.67. The maximum absolute atomic E-state index is 11.3. The van der Waals surface area contributed by atoms with Crippen LogP contribution in [-0.2, 0) is 19.5 Å². The zero-order chi connectivity index (χ0) is 26.1. The van der Waals surface area contributed by atoms with Gasteiger partial charge in [-0.3, -0.25) is 14.8 Å². The van der Waals surface area contributed by atoms with Crippen molar-refractivity contribution in [2.45, 2.75) is 67.0 Å². The fourth-order valence-electron chi connectivity index (χ4n) is 5.42. The number of aryl methyl sites for hydroxylation is 2. The Balaban J connectivity index is 1.33. The number of hydrogen-bond donors (Lipinski definition) is 0. The van der Waals surface area contributed by atoms with Crippen molar-refractivity contribution in [1.82, 2.24) is 39.1 Å². The zero-order valence-electron chi connectivity index (χ0n) is 21.6. The summed E-state index contributed by atoms with van der Waals surface area (Å²) in [5, 5.41) is 26.0. The van der Waals surface area contributed by atoms with Gasteiger partial charge in [-0.2, -0.15) is 10.2 Å². The summed E-state index contributed by atoms with van der Waals surface area (Å²) in [6.45, 7) is 10.6. The molecule has 1 aliphatic carbocycles. The first kappa shape index (κ1) is 23.7. The average molecular weight is 520 g/mol. The molecule has 0 aromatic carbocycles. The van der Waals surface area contributed by atoms with Crippen molar-refractivity contribution < 1.29 is 4.92 Å². The van der Waals surface area contributed by atoms with Gasteiger partial charge in [0.1, 0.15) is 34.9 Å². The molecule has 0 radical (unpaired) electrons. The van der Waals surface area contributed by atoms with E-state index in [2.05, 4.69) is 36.1 Å². The number of aromatic nitrogens is 8. The smallest absolute Gasteiger partial charge is 0.258 e. The van der Waals surface area contributed by atoms with Crippen molar-refractivity contribution in [1.29, 1.82) is 0 Å². The van der Waals surface area contributed by atoms with E-state index in [0.29, 0.717) is 34.2 Å². The van der Waals surface area contributed by atoms with Crippen LogP contribution in [0.4, 0.5) is 5.69 Å². The highest BCUT2D eigenvalue weighted by atomic mass is 32.1. The van der Waals surface area contributed by atoms with Gasteiger partial charge in [-0.25, -0.2) is 19.2 Å². The third-order valence-electron chi connectivity index (χ3n) is 8.08. The molecule has 1 atom stereocenters. The summed E-state index contributed by atoms with van der Waals surface area (Å²) in [4.78, 5) is 23.0. The molecule has 0 bridgehead atoms. The van der Waals surface area contributed by atoms with Crippen LogP contribution in [-0.4, -0.2) is 44.1 Å². The van der Waals surface area contributed by atoms with Gasteiger partial charge in [-0.15, -0.1) is 16.4 Å². The Bertz CT molecular complexity index is 1670. The van der Waals surface area contributed by atoms with Crippen molar-refractivity contribution in [3.05, 3.63) is 50.5 Å². The molecule has 0 spiro atoms. The first-order valence-corrected chi connectivity index (χ1v) is 13.4. The number of nitro groups is 1. The van der Waals surface area contributed by atoms with E-state index in [4.69, 9.17) is 9.97 Å². The van der Waals surface area contributed by atoms with Gasteiger partial charge >= 0.3 is 5.69 Å². The monoisotopic (exact) mass is 519 g/mol. The SMILES string of the molecule is CCC(C)(C)C1CCc2c(sc3ncn4nc(-c5ccn(Cn6nc(C)c([N+](=O)[O-])c6C)n5)nc4c23)C1. The average Bonchev–Trinajstić information content (AvgIpc) is 3.62. The predicted molar refractivity (Wildman–Crippen MR) is 141 cm³/mol. The van der Waals surface area contributed by atoms with Crippen LogP contribution in [0.15, 0.2) is 18.6 Å². The highest BCUT2D eigenvalue weighted by molar-refractivity contribution is 7.19. The summed E-state index contributed by atoms with van der Waals surface area (Å²) in [5.74, 6) is 1.20. The maximum atomic E-state index is 11.3. The molecule has 0 N–H and O–H groups in total. The normalized spacial score (nSPS) is 16.1. The van der Waals surface area contributed by atoms with E-state index in [1.54, 1.807) is 51.6 Å². The quantitative estimate of drug-likeness (QED) is 0.229. The van der Waals surface area contributed by atoms with Crippen LogP contribution in [0.2, 0.25) is 0 Å². The first-order chi connectivity index (χ1) is 17.7. The summed E-state index contributed by atoms with van der Waals surface area (Å²) in [6.07, 6.45) is 8.03. The molecule has 37 heavy (non-hydrogen) atoms. The molecule has 11 nitrogen and oxygen atoms in total. The van der Waals surface area contributed by atoms with Gasteiger partial charge in [-0.1, -0.05) is 27.2 Å². The second-order valence-corrected chi connectivity index (χ2v) is 11.7. The summed E-state index contributed by atoms with van der Waals surface area (Å²) >= 11 is 1.79. The minimum Gasteiger partial charge on any atom is -0.258 e. The third kappa shape index (κ3) is 3.81. The second kappa shape index (κ2) is 8.44. The minimum atomic E-state index is -0.397. The fourth-order valence-corrected chi connectivity index (χ4v) is 6.69. The van der Waals surface area contributed by atoms with Crippen LogP contribution in [0.25, 0.3) is 27.4 Å².